The Balaban J connectivity index is 0.000000411. The van der Waals surface area contributed by atoms with Crippen LogP contribution >= 0.6 is 0 Å². The van der Waals surface area contributed by atoms with Crippen molar-refractivity contribution in [2.75, 3.05) is 0 Å². The Hall–Kier alpha value is -1.88. The maximum Gasteiger partial charge on any atom is 0.336 e. The zero-order chi connectivity index (χ0) is 14.1. The third-order valence-electron chi connectivity index (χ3n) is 2.33. The molecular formula is C13H18O5. The highest BCUT2D eigenvalue weighted by Crippen LogP contribution is 2.07. The number of hydrogen-bond acceptors (Lipinski definition) is 3. The number of carboxylic acids is 2. The summed E-state index contributed by atoms with van der Waals surface area (Å²) in [5.41, 5.74) is -0.380. The van der Waals surface area contributed by atoms with Gasteiger partial charge >= 0.3 is 11.9 Å². The van der Waals surface area contributed by atoms with Crippen molar-refractivity contribution < 1.29 is 24.9 Å². The van der Waals surface area contributed by atoms with Crippen LogP contribution in [0.2, 0.25) is 0 Å². The molecule has 1 aromatic carbocycles. The third kappa shape index (κ3) is 5.45. The van der Waals surface area contributed by atoms with E-state index in [1.807, 2.05) is 13.8 Å². The molecule has 0 saturated carbocycles. The molecule has 0 aromatic heterocycles. The fourth-order valence-corrected chi connectivity index (χ4v) is 1.14. The third-order valence-corrected chi connectivity index (χ3v) is 2.33. The lowest BCUT2D eigenvalue weighted by molar-refractivity contribution is 0.0651. The summed E-state index contributed by atoms with van der Waals surface area (Å²) in [6.45, 7) is 3.96. The molecule has 1 rings (SSSR count). The molecule has 0 atom stereocenters. The van der Waals surface area contributed by atoms with Crippen LogP contribution in [0.4, 0.5) is 0 Å². The number of aromatic carboxylic acids is 2. The van der Waals surface area contributed by atoms with Crippen LogP contribution < -0.4 is 0 Å². The predicted molar refractivity (Wildman–Crippen MR) is 66.9 cm³/mol. The molecule has 5 heteroatoms. The van der Waals surface area contributed by atoms with Gasteiger partial charge in [0.1, 0.15) is 0 Å². The highest BCUT2D eigenvalue weighted by molar-refractivity contribution is 6.01. The average molecular weight is 254 g/mol. The van der Waals surface area contributed by atoms with Crippen molar-refractivity contribution in [3.8, 4) is 0 Å². The smallest absolute Gasteiger partial charge is 0.336 e. The van der Waals surface area contributed by atoms with Gasteiger partial charge in [-0.15, -0.1) is 0 Å². The predicted octanol–water partition coefficient (Wildman–Crippen LogP) is 2.25. The molecule has 1 aromatic rings. The van der Waals surface area contributed by atoms with Crippen molar-refractivity contribution in [2.24, 2.45) is 0 Å². The number of hydrogen-bond donors (Lipinski definition) is 3. The van der Waals surface area contributed by atoms with Gasteiger partial charge in [0.15, 0.2) is 0 Å². The van der Waals surface area contributed by atoms with Gasteiger partial charge in [-0.3, -0.25) is 0 Å². The van der Waals surface area contributed by atoms with Crippen LogP contribution in [0.25, 0.3) is 0 Å². The number of benzene rings is 1. The molecular weight excluding hydrogens is 236 g/mol. The van der Waals surface area contributed by atoms with Crippen molar-refractivity contribution in [3.05, 3.63) is 35.4 Å². The SMILES string of the molecule is CCC(O)CC.O=C(O)c1ccccc1C(=O)O. The summed E-state index contributed by atoms with van der Waals surface area (Å²) in [7, 11) is 0. The minimum Gasteiger partial charge on any atom is -0.478 e. The van der Waals surface area contributed by atoms with Crippen LogP contribution in [0.3, 0.4) is 0 Å². The average Bonchev–Trinajstić information content (AvgIpc) is 2.38. The fourth-order valence-electron chi connectivity index (χ4n) is 1.14. The first-order valence-corrected chi connectivity index (χ1v) is 5.67. The molecule has 0 aliphatic carbocycles. The van der Waals surface area contributed by atoms with E-state index in [0.29, 0.717) is 0 Å². The lowest BCUT2D eigenvalue weighted by Crippen LogP contribution is -2.06. The Morgan fingerprint density at radius 3 is 1.50 bits per heavy atom. The van der Waals surface area contributed by atoms with Gasteiger partial charge in [0, 0.05) is 0 Å². The molecule has 0 spiro atoms. The molecule has 0 unspecified atom stereocenters. The van der Waals surface area contributed by atoms with E-state index in [1.54, 1.807) is 0 Å². The van der Waals surface area contributed by atoms with E-state index in [-0.39, 0.29) is 17.2 Å². The van der Waals surface area contributed by atoms with Gasteiger partial charge in [0.25, 0.3) is 0 Å². The molecule has 0 aliphatic rings. The Bertz CT molecular complexity index is 363. The minimum atomic E-state index is -1.23. The van der Waals surface area contributed by atoms with Crippen LogP contribution in [0.15, 0.2) is 24.3 Å². The van der Waals surface area contributed by atoms with Crippen molar-refractivity contribution in [1.29, 1.82) is 0 Å². The van der Waals surface area contributed by atoms with Gasteiger partial charge in [0.05, 0.1) is 17.2 Å². The van der Waals surface area contributed by atoms with E-state index in [9.17, 15) is 9.59 Å². The maximum absolute atomic E-state index is 10.5. The molecule has 0 fully saturated rings. The Labute approximate surface area is 106 Å². The molecule has 0 amide bonds. The van der Waals surface area contributed by atoms with E-state index in [2.05, 4.69) is 0 Å². The number of aliphatic hydroxyl groups excluding tert-OH is 1. The summed E-state index contributed by atoms with van der Waals surface area (Å²) < 4.78 is 0. The first-order valence-electron chi connectivity index (χ1n) is 5.67. The molecule has 0 aliphatic heterocycles. The van der Waals surface area contributed by atoms with Crippen LogP contribution in [0, 0.1) is 0 Å². The van der Waals surface area contributed by atoms with Crippen LogP contribution in [0.5, 0.6) is 0 Å². The summed E-state index contributed by atoms with van der Waals surface area (Å²) in [6.07, 6.45) is 1.71. The Morgan fingerprint density at radius 2 is 1.33 bits per heavy atom. The Kier molecular flexibility index (Phi) is 7.38. The summed E-state index contributed by atoms with van der Waals surface area (Å²) in [6, 6.07) is 5.48. The van der Waals surface area contributed by atoms with Crippen molar-refractivity contribution in [3.63, 3.8) is 0 Å². The standard InChI is InChI=1S/C8H6O4.C5H12O/c9-7(10)5-3-1-2-4-6(5)8(11)12;1-3-5(6)4-2/h1-4H,(H,9,10)(H,11,12);5-6H,3-4H2,1-2H3. The van der Waals surface area contributed by atoms with Crippen LogP contribution in [-0.2, 0) is 0 Å². The lowest BCUT2D eigenvalue weighted by Gasteiger charge is -1.98. The molecule has 100 valence electrons. The van der Waals surface area contributed by atoms with Gasteiger partial charge in [-0.2, -0.15) is 0 Å². The first kappa shape index (κ1) is 16.1. The fraction of sp³-hybridized carbons (Fsp3) is 0.385. The topological polar surface area (TPSA) is 94.8 Å². The second kappa shape index (κ2) is 8.25. The second-order valence-electron chi connectivity index (χ2n) is 3.63. The quantitative estimate of drug-likeness (QED) is 0.766. The van der Waals surface area contributed by atoms with E-state index >= 15 is 0 Å². The molecule has 0 heterocycles. The molecule has 0 radical (unpaired) electrons. The van der Waals surface area contributed by atoms with Crippen molar-refractivity contribution >= 4 is 11.9 Å². The van der Waals surface area contributed by atoms with Crippen molar-refractivity contribution in [1.82, 2.24) is 0 Å². The minimum absolute atomic E-state index is 0.0648. The highest BCUT2D eigenvalue weighted by atomic mass is 16.4. The molecule has 18 heavy (non-hydrogen) atoms. The molecule has 0 saturated heterocycles. The van der Waals surface area contributed by atoms with Crippen LogP contribution in [0.1, 0.15) is 47.4 Å². The molecule has 0 bridgehead atoms. The second-order valence-corrected chi connectivity index (χ2v) is 3.63. The lowest BCUT2D eigenvalue weighted by atomic mass is 10.1. The van der Waals surface area contributed by atoms with Gasteiger partial charge < -0.3 is 15.3 Å². The largest absolute Gasteiger partial charge is 0.478 e. The van der Waals surface area contributed by atoms with E-state index in [1.165, 1.54) is 24.3 Å². The number of carbonyl (C=O) groups is 2. The number of rotatable bonds is 4. The summed E-state index contributed by atoms with van der Waals surface area (Å²) in [5.74, 6) is -2.46. The maximum atomic E-state index is 10.5. The number of aliphatic hydroxyl groups is 1. The van der Waals surface area contributed by atoms with Gasteiger partial charge in [-0.1, -0.05) is 26.0 Å². The highest BCUT2D eigenvalue weighted by Gasteiger charge is 2.13. The van der Waals surface area contributed by atoms with Gasteiger partial charge in [-0.25, -0.2) is 9.59 Å². The molecule has 3 N–H and O–H groups in total. The summed E-state index contributed by atoms with van der Waals surface area (Å²) in [5, 5.41) is 25.8. The van der Waals surface area contributed by atoms with E-state index in [0.717, 1.165) is 12.8 Å². The zero-order valence-electron chi connectivity index (χ0n) is 10.5. The Morgan fingerprint density at radius 1 is 1.00 bits per heavy atom. The van der Waals surface area contributed by atoms with Gasteiger partial charge in [-0.05, 0) is 25.0 Å². The zero-order valence-corrected chi connectivity index (χ0v) is 10.5. The normalized spacial score (nSPS) is 9.56. The van der Waals surface area contributed by atoms with Gasteiger partial charge in [0.2, 0.25) is 0 Å². The van der Waals surface area contributed by atoms with Crippen LogP contribution in [-0.4, -0.2) is 33.4 Å². The number of carboxylic acid groups (broad SMARTS) is 2. The van der Waals surface area contributed by atoms with E-state index in [4.69, 9.17) is 15.3 Å². The summed E-state index contributed by atoms with van der Waals surface area (Å²) >= 11 is 0. The van der Waals surface area contributed by atoms with E-state index < -0.39 is 11.9 Å². The van der Waals surface area contributed by atoms with Crippen molar-refractivity contribution in [2.45, 2.75) is 32.8 Å². The monoisotopic (exact) mass is 254 g/mol. The first-order chi connectivity index (χ1) is 8.43. The summed E-state index contributed by atoms with van der Waals surface area (Å²) in [4.78, 5) is 20.9. The molecule has 5 nitrogen and oxygen atoms in total.